The second-order valence-electron chi connectivity index (χ2n) is 6.28. The number of allylic oxidation sites excluding steroid dienone is 1. The van der Waals surface area contributed by atoms with E-state index in [1.807, 2.05) is 0 Å². The van der Waals surface area contributed by atoms with Crippen LogP contribution in [0.2, 0.25) is 0 Å². The van der Waals surface area contributed by atoms with Gasteiger partial charge in [0.15, 0.2) is 5.92 Å². The number of fused-ring (bicyclic) bond motifs is 1. The smallest absolute Gasteiger partial charge is 0.445 e. The van der Waals surface area contributed by atoms with Gasteiger partial charge in [0.05, 0.1) is 39.8 Å². The summed E-state index contributed by atoms with van der Waals surface area (Å²) in [5.41, 5.74) is 0.489. The monoisotopic (exact) mass is 417 g/mol. The Morgan fingerprint density at radius 1 is 1.31 bits per heavy atom. The molecule has 0 bridgehead atoms. The highest BCUT2D eigenvalue weighted by Crippen LogP contribution is 2.33. The van der Waals surface area contributed by atoms with Gasteiger partial charge < -0.3 is 14.8 Å². The molecule has 1 unspecified atom stereocenters. The minimum Gasteiger partial charge on any atom is -0.497 e. The number of nitrogens with one attached hydrogen (secondary N) is 1. The van der Waals surface area contributed by atoms with Crippen molar-refractivity contribution in [2.45, 2.75) is 0 Å². The molecule has 4 amide bonds. The fraction of sp³-hybridized carbons (Fsp3) is 0.316. The Morgan fingerprint density at radius 2 is 2.07 bits per heavy atom. The Kier molecular flexibility index (Phi) is 6.02. The normalized spacial score (nSPS) is 18.4. The van der Waals surface area contributed by atoms with Crippen molar-refractivity contribution in [3.63, 3.8) is 0 Å². The molecule has 1 aromatic carbocycles. The summed E-state index contributed by atoms with van der Waals surface area (Å²) >= 11 is 1.22. The molecule has 0 saturated heterocycles. The molecule has 0 aromatic heterocycles. The Morgan fingerprint density at radius 3 is 2.76 bits per heavy atom. The van der Waals surface area contributed by atoms with E-state index in [4.69, 9.17) is 9.47 Å². The van der Waals surface area contributed by atoms with Gasteiger partial charge in [0.1, 0.15) is 17.7 Å². The van der Waals surface area contributed by atoms with Gasteiger partial charge in [-0.05, 0) is 18.2 Å². The molecule has 9 nitrogen and oxygen atoms in total. The average Bonchev–Trinajstić information content (AvgIpc) is 2.74. The van der Waals surface area contributed by atoms with E-state index in [0.29, 0.717) is 27.9 Å². The number of ether oxygens (including phenoxy) is 2. The van der Waals surface area contributed by atoms with Crippen LogP contribution in [0.25, 0.3) is 0 Å². The second kappa shape index (κ2) is 8.48. The first-order chi connectivity index (χ1) is 13.9. The van der Waals surface area contributed by atoms with Crippen LogP contribution >= 0.6 is 11.8 Å². The largest absolute Gasteiger partial charge is 0.497 e. The summed E-state index contributed by atoms with van der Waals surface area (Å²) in [5, 5.41) is 2.79. The average molecular weight is 417 g/mol. The standard InChI is InChI=1S/C19H20N4O5S/c1-22-17-16(18(25)23(2)19(22)26)14(7-8-20-17)29-10-15(24)21-12-9-11(27-3)5-6-13(12)28-4/h5-9,16H,10H2,1-4H3/p+1. The van der Waals surface area contributed by atoms with Crippen molar-refractivity contribution in [3.05, 3.63) is 29.2 Å². The van der Waals surface area contributed by atoms with Crippen molar-refractivity contribution in [2.75, 3.05) is 39.4 Å². The number of amidine groups is 1. The molecule has 2 aliphatic heterocycles. The summed E-state index contributed by atoms with van der Waals surface area (Å²) in [6.07, 6.45) is 3.22. The number of thioether (sulfide) groups is 1. The maximum Gasteiger partial charge on any atom is 0.445 e. The van der Waals surface area contributed by atoms with Crippen LogP contribution in [0.4, 0.5) is 10.5 Å². The molecular weight excluding hydrogens is 396 g/mol. The number of urea groups is 1. The Hall–Kier alpha value is -3.14. The topological polar surface area (TPSA) is 100 Å². The number of nitrogens with zero attached hydrogens (tertiary/aromatic N) is 3. The summed E-state index contributed by atoms with van der Waals surface area (Å²) in [6.45, 7) is 0. The Labute approximate surface area is 172 Å². The van der Waals surface area contributed by atoms with Crippen molar-refractivity contribution >= 4 is 47.3 Å². The van der Waals surface area contributed by atoms with Gasteiger partial charge >= 0.3 is 11.9 Å². The van der Waals surface area contributed by atoms with Gasteiger partial charge in [-0.25, -0.2) is 4.79 Å². The molecular formula is C19H21N4O5S+. The van der Waals surface area contributed by atoms with Crippen molar-refractivity contribution in [2.24, 2.45) is 10.9 Å². The summed E-state index contributed by atoms with van der Waals surface area (Å²) in [7, 11) is 6.05. The maximum atomic E-state index is 12.6. The SMILES string of the molecule is COc1ccc(OC)c(NC(=O)CSC2=CC=NC3=[N+](C)C(=O)N(C)C(=O)C23)c1. The third-order valence-electron chi connectivity index (χ3n) is 4.53. The van der Waals surface area contributed by atoms with E-state index >= 15 is 0 Å². The molecule has 2 aliphatic rings. The number of methoxy groups -OCH3 is 2. The van der Waals surface area contributed by atoms with Gasteiger partial charge in [-0.1, -0.05) is 0 Å². The van der Waals surface area contributed by atoms with E-state index in [9.17, 15) is 14.4 Å². The summed E-state index contributed by atoms with van der Waals surface area (Å²) in [6, 6.07) is 4.66. The molecule has 0 radical (unpaired) electrons. The number of anilines is 1. The van der Waals surface area contributed by atoms with E-state index in [0.717, 1.165) is 4.90 Å². The predicted octanol–water partition coefficient (Wildman–Crippen LogP) is 1.59. The molecule has 152 valence electrons. The lowest BCUT2D eigenvalue weighted by molar-refractivity contribution is -0.407. The summed E-state index contributed by atoms with van der Waals surface area (Å²) in [4.78, 5) is 43.1. The minimum atomic E-state index is -0.697. The van der Waals surface area contributed by atoms with Crippen LogP contribution in [0.15, 0.2) is 34.2 Å². The van der Waals surface area contributed by atoms with Gasteiger partial charge in [0.2, 0.25) is 5.91 Å². The quantitative estimate of drug-likeness (QED) is 0.706. The highest BCUT2D eigenvalue weighted by Gasteiger charge is 2.47. The zero-order valence-corrected chi connectivity index (χ0v) is 17.3. The van der Waals surface area contributed by atoms with Gasteiger partial charge in [0, 0.05) is 11.0 Å². The number of hydrogen-bond acceptors (Lipinski definition) is 7. The molecule has 0 fully saturated rings. The number of hydrogen-bond donors (Lipinski definition) is 1. The van der Waals surface area contributed by atoms with E-state index in [-0.39, 0.29) is 17.6 Å². The van der Waals surface area contributed by atoms with Crippen LogP contribution in [0.1, 0.15) is 0 Å². The van der Waals surface area contributed by atoms with Crippen molar-refractivity contribution < 1.29 is 28.4 Å². The minimum absolute atomic E-state index is 0.0679. The number of aliphatic imine (C=N–C) groups is 1. The first-order valence-electron chi connectivity index (χ1n) is 8.68. The number of rotatable bonds is 6. The lowest BCUT2D eigenvalue weighted by Crippen LogP contribution is -2.52. The molecule has 0 aliphatic carbocycles. The zero-order valence-electron chi connectivity index (χ0n) is 16.5. The van der Waals surface area contributed by atoms with Gasteiger partial charge in [-0.15, -0.1) is 16.8 Å². The third kappa shape index (κ3) is 4.02. The number of dihydropyridines is 1. The lowest BCUT2D eigenvalue weighted by atomic mass is 10.0. The number of benzene rings is 1. The van der Waals surface area contributed by atoms with Crippen LogP contribution < -0.4 is 14.8 Å². The fourth-order valence-corrected chi connectivity index (χ4v) is 3.89. The molecule has 3 rings (SSSR count). The predicted molar refractivity (Wildman–Crippen MR) is 110 cm³/mol. The summed E-state index contributed by atoms with van der Waals surface area (Å²) < 4.78 is 11.8. The lowest BCUT2D eigenvalue weighted by Gasteiger charge is -2.26. The molecule has 2 heterocycles. The van der Waals surface area contributed by atoms with Gasteiger partial charge in [-0.2, -0.15) is 9.48 Å². The van der Waals surface area contributed by atoms with E-state index in [1.54, 1.807) is 31.3 Å². The number of amides is 4. The van der Waals surface area contributed by atoms with Gasteiger partial charge in [-0.3, -0.25) is 9.59 Å². The fourth-order valence-electron chi connectivity index (χ4n) is 2.99. The second-order valence-corrected chi connectivity index (χ2v) is 7.33. The van der Waals surface area contributed by atoms with Crippen LogP contribution in [0.3, 0.4) is 0 Å². The van der Waals surface area contributed by atoms with Crippen molar-refractivity contribution in [1.29, 1.82) is 0 Å². The van der Waals surface area contributed by atoms with Gasteiger partial charge in [0.25, 0.3) is 5.84 Å². The molecule has 29 heavy (non-hydrogen) atoms. The highest BCUT2D eigenvalue weighted by molar-refractivity contribution is 8.03. The van der Waals surface area contributed by atoms with Crippen LogP contribution in [0.5, 0.6) is 11.5 Å². The molecule has 1 atom stereocenters. The number of carbonyl (C=O) groups excluding carboxylic acids is 3. The molecule has 10 heteroatoms. The van der Waals surface area contributed by atoms with Crippen LogP contribution in [0, 0.1) is 5.92 Å². The van der Waals surface area contributed by atoms with Crippen LogP contribution in [-0.2, 0) is 9.59 Å². The zero-order chi connectivity index (χ0) is 21.1. The molecule has 0 saturated carbocycles. The Bertz CT molecular complexity index is 969. The van der Waals surface area contributed by atoms with Crippen molar-refractivity contribution in [1.82, 2.24) is 4.90 Å². The third-order valence-corrected chi connectivity index (χ3v) is 5.65. The van der Waals surface area contributed by atoms with Crippen molar-refractivity contribution in [3.8, 4) is 11.5 Å². The first-order valence-corrected chi connectivity index (χ1v) is 9.67. The first kappa shape index (κ1) is 20.6. The highest BCUT2D eigenvalue weighted by atomic mass is 32.2. The van der Waals surface area contributed by atoms with E-state index < -0.39 is 11.9 Å². The molecule has 1 aromatic rings. The number of imide groups is 1. The maximum absolute atomic E-state index is 12.6. The molecule has 1 N–H and O–H groups in total. The number of carbonyl (C=O) groups is 3. The molecule has 0 spiro atoms. The summed E-state index contributed by atoms with van der Waals surface area (Å²) in [5.74, 6) is 0.185. The van der Waals surface area contributed by atoms with Crippen LogP contribution in [-0.4, -0.2) is 73.4 Å². The van der Waals surface area contributed by atoms with E-state index in [1.165, 1.54) is 43.8 Å². The Balaban J connectivity index is 1.73. The van der Waals surface area contributed by atoms with E-state index in [2.05, 4.69) is 10.3 Å².